The predicted molar refractivity (Wildman–Crippen MR) is 74.1 cm³/mol. The molecule has 0 atom stereocenters. The highest BCUT2D eigenvalue weighted by Gasteiger charge is 2.12. The van der Waals surface area contributed by atoms with Crippen molar-refractivity contribution in [2.24, 2.45) is 0 Å². The van der Waals surface area contributed by atoms with Crippen LogP contribution in [0.2, 0.25) is 0 Å². The van der Waals surface area contributed by atoms with Crippen LogP contribution in [-0.4, -0.2) is 10.8 Å². The van der Waals surface area contributed by atoms with Crippen molar-refractivity contribution in [3.63, 3.8) is 0 Å². The van der Waals surface area contributed by atoms with Crippen molar-refractivity contribution in [2.75, 3.05) is 0 Å². The second-order valence-corrected chi connectivity index (χ2v) is 5.34. The number of rotatable bonds is 3. The number of nitrogens with zero attached hydrogens (tertiary/aromatic N) is 1. The molecule has 0 aliphatic carbocycles. The van der Waals surface area contributed by atoms with Crippen molar-refractivity contribution in [3.8, 4) is 0 Å². The lowest BCUT2D eigenvalue weighted by molar-refractivity contribution is 0.0987. The summed E-state index contributed by atoms with van der Waals surface area (Å²) in [6.45, 7) is 0. The monoisotopic (exact) mass is 353 g/mol. The van der Waals surface area contributed by atoms with E-state index in [1.165, 1.54) is 0 Å². The van der Waals surface area contributed by atoms with E-state index in [9.17, 15) is 4.79 Å². The van der Waals surface area contributed by atoms with Crippen molar-refractivity contribution < 1.29 is 4.79 Å². The fourth-order valence-corrected chi connectivity index (χ4v) is 2.69. The first kappa shape index (κ1) is 12.5. The van der Waals surface area contributed by atoms with Gasteiger partial charge in [0.15, 0.2) is 5.78 Å². The van der Waals surface area contributed by atoms with Crippen LogP contribution in [0, 0.1) is 0 Å². The van der Waals surface area contributed by atoms with Gasteiger partial charge in [-0.05, 0) is 43.5 Å². The van der Waals surface area contributed by atoms with E-state index in [0.717, 1.165) is 10.0 Å². The van der Waals surface area contributed by atoms with Gasteiger partial charge in [0.05, 0.1) is 0 Å². The average molecular weight is 355 g/mol. The molecular formula is C13H9Br2NO. The number of carbonyl (C=O) groups is 1. The minimum atomic E-state index is 0.00979. The number of hydrogen-bond donors (Lipinski definition) is 0. The van der Waals surface area contributed by atoms with Crippen LogP contribution in [0.4, 0.5) is 0 Å². The molecule has 2 aromatic rings. The molecule has 0 N–H and O–H groups in total. The maximum absolute atomic E-state index is 12.0. The van der Waals surface area contributed by atoms with Gasteiger partial charge in [0.25, 0.3) is 0 Å². The molecule has 0 fully saturated rings. The number of pyridine rings is 1. The summed E-state index contributed by atoms with van der Waals surface area (Å²) in [7, 11) is 0. The summed E-state index contributed by atoms with van der Waals surface area (Å²) in [6.07, 6.45) is 2.00. The molecule has 86 valence electrons. The third-order valence-corrected chi connectivity index (χ3v) is 3.32. The second-order valence-electron chi connectivity index (χ2n) is 3.57. The maximum Gasteiger partial charge on any atom is 0.186 e. The molecule has 0 aliphatic rings. The molecule has 4 heteroatoms. The van der Waals surface area contributed by atoms with Crippen molar-refractivity contribution in [1.29, 1.82) is 0 Å². The number of Topliss-reactive ketones (excluding diaryl/α,β-unsaturated/α-hetero) is 1. The minimum Gasteiger partial charge on any atom is -0.292 e. The molecule has 0 saturated carbocycles. The van der Waals surface area contributed by atoms with Gasteiger partial charge in [0, 0.05) is 21.6 Å². The van der Waals surface area contributed by atoms with Gasteiger partial charge < -0.3 is 0 Å². The van der Waals surface area contributed by atoms with Crippen LogP contribution < -0.4 is 0 Å². The van der Waals surface area contributed by atoms with Crippen molar-refractivity contribution in [3.05, 3.63) is 62.8 Å². The number of carbonyl (C=O) groups excluding carboxylic acids is 1. The van der Waals surface area contributed by atoms with E-state index < -0.39 is 0 Å². The Morgan fingerprint density at radius 1 is 1.18 bits per heavy atom. The fraction of sp³-hybridized carbons (Fsp3) is 0.0769. The lowest BCUT2D eigenvalue weighted by atomic mass is 10.1. The summed E-state index contributed by atoms with van der Waals surface area (Å²) >= 11 is 6.66. The first-order valence-electron chi connectivity index (χ1n) is 5.05. The zero-order chi connectivity index (χ0) is 12.3. The molecule has 2 rings (SSSR count). The third kappa shape index (κ3) is 3.23. The number of ketones is 1. The van der Waals surface area contributed by atoms with E-state index in [1.807, 2.05) is 36.4 Å². The standard InChI is InChI=1S/C13H9Br2NO/c14-10-7-11(15)13(16-8-10)12(17)6-9-4-2-1-3-5-9/h1-5,7-8H,6H2. The average Bonchev–Trinajstić information content (AvgIpc) is 2.30. The summed E-state index contributed by atoms with van der Waals surface area (Å²) in [5, 5.41) is 0. The largest absolute Gasteiger partial charge is 0.292 e. The molecule has 0 spiro atoms. The van der Waals surface area contributed by atoms with Gasteiger partial charge in [-0.25, -0.2) is 0 Å². The number of benzene rings is 1. The summed E-state index contributed by atoms with van der Waals surface area (Å²) in [4.78, 5) is 16.2. The highest BCUT2D eigenvalue weighted by molar-refractivity contribution is 9.11. The molecular weight excluding hydrogens is 346 g/mol. The van der Waals surface area contributed by atoms with Crippen LogP contribution in [0.3, 0.4) is 0 Å². The van der Waals surface area contributed by atoms with Gasteiger partial charge in [0.1, 0.15) is 5.69 Å². The molecule has 0 amide bonds. The molecule has 1 aromatic carbocycles. The molecule has 0 unspecified atom stereocenters. The minimum absolute atomic E-state index is 0.00979. The van der Waals surface area contributed by atoms with Crippen molar-refractivity contribution in [2.45, 2.75) is 6.42 Å². The first-order chi connectivity index (χ1) is 8.16. The molecule has 0 radical (unpaired) electrons. The Hall–Kier alpha value is -1.00. The second kappa shape index (κ2) is 5.56. The van der Waals surface area contributed by atoms with Crippen LogP contribution in [0.25, 0.3) is 0 Å². The van der Waals surface area contributed by atoms with E-state index >= 15 is 0 Å². The van der Waals surface area contributed by atoms with Crippen molar-refractivity contribution in [1.82, 2.24) is 4.98 Å². The van der Waals surface area contributed by atoms with E-state index in [1.54, 1.807) is 6.20 Å². The zero-order valence-corrected chi connectivity index (χ0v) is 12.0. The Kier molecular flexibility index (Phi) is 4.07. The topological polar surface area (TPSA) is 30.0 Å². The summed E-state index contributed by atoms with van der Waals surface area (Å²) in [5.41, 5.74) is 1.46. The lowest BCUT2D eigenvalue weighted by Crippen LogP contribution is -2.06. The summed E-state index contributed by atoms with van der Waals surface area (Å²) in [5.74, 6) is 0.00979. The van der Waals surface area contributed by atoms with Crippen LogP contribution in [0.1, 0.15) is 16.1 Å². The SMILES string of the molecule is O=C(Cc1ccccc1)c1ncc(Br)cc1Br. The van der Waals surface area contributed by atoms with E-state index in [2.05, 4.69) is 36.8 Å². The van der Waals surface area contributed by atoms with Gasteiger partial charge in [-0.2, -0.15) is 0 Å². The normalized spacial score (nSPS) is 10.2. The van der Waals surface area contributed by atoms with Crippen LogP contribution in [0.15, 0.2) is 51.5 Å². The van der Waals surface area contributed by atoms with Gasteiger partial charge >= 0.3 is 0 Å². The van der Waals surface area contributed by atoms with E-state index in [-0.39, 0.29) is 5.78 Å². The van der Waals surface area contributed by atoms with Crippen LogP contribution >= 0.6 is 31.9 Å². The summed E-state index contributed by atoms with van der Waals surface area (Å²) in [6, 6.07) is 11.5. The lowest BCUT2D eigenvalue weighted by Gasteiger charge is -2.03. The quantitative estimate of drug-likeness (QED) is 0.779. The number of halogens is 2. The maximum atomic E-state index is 12.0. The molecule has 0 bridgehead atoms. The highest BCUT2D eigenvalue weighted by Crippen LogP contribution is 2.20. The van der Waals surface area contributed by atoms with Crippen molar-refractivity contribution >= 4 is 37.6 Å². The predicted octanol–water partition coefficient (Wildman–Crippen LogP) is 4.03. The number of hydrogen-bond acceptors (Lipinski definition) is 2. The Bertz CT molecular complexity index is 540. The first-order valence-corrected chi connectivity index (χ1v) is 6.63. The van der Waals surface area contributed by atoms with Gasteiger partial charge in [-0.3, -0.25) is 9.78 Å². The van der Waals surface area contributed by atoms with E-state index in [4.69, 9.17) is 0 Å². The van der Waals surface area contributed by atoms with Gasteiger partial charge in [0.2, 0.25) is 0 Å². The summed E-state index contributed by atoms with van der Waals surface area (Å²) < 4.78 is 1.56. The third-order valence-electron chi connectivity index (χ3n) is 2.28. The fourth-order valence-electron chi connectivity index (χ4n) is 1.48. The molecule has 0 saturated heterocycles. The molecule has 1 heterocycles. The van der Waals surface area contributed by atoms with E-state index in [0.29, 0.717) is 16.6 Å². The molecule has 0 aliphatic heterocycles. The Labute approximate surface area is 116 Å². The van der Waals surface area contributed by atoms with Crippen LogP contribution in [0.5, 0.6) is 0 Å². The molecule has 2 nitrogen and oxygen atoms in total. The Morgan fingerprint density at radius 3 is 2.53 bits per heavy atom. The Morgan fingerprint density at radius 2 is 1.88 bits per heavy atom. The molecule has 1 aromatic heterocycles. The van der Waals surface area contributed by atoms with Gasteiger partial charge in [-0.1, -0.05) is 30.3 Å². The van der Waals surface area contributed by atoms with Gasteiger partial charge in [-0.15, -0.1) is 0 Å². The Balaban J connectivity index is 2.21. The highest BCUT2D eigenvalue weighted by atomic mass is 79.9. The number of aromatic nitrogens is 1. The molecule has 17 heavy (non-hydrogen) atoms. The zero-order valence-electron chi connectivity index (χ0n) is 8.86. The smallest absolute Gasteiger partial charge is 0.186 e. The van der Waals surface area contributed by atoms with Crippen LogP contribution in [-0.2, 0) is 6.42 Å².